The monoisotopic (exact) mass is 394 g/mol. The predicted molar refractivity (Wildman–Crippen MR) is 96.2 cm³/mol. The molecule has 0 spiro atoms. The van der Waals surface area contributed by atoms with Gasteiger partial charge in [-0.15, -0.1) is 10.2 Å². The van der Waals surface area contributed by atoms with Crippen LogP contribution in [0.15, 0.2) is 24.3 Å². The lowest BCUT2D eigenvalue weighted by Gasteiger charge is -2.33. The first-order valence-electron chi connectivity index (χ1n) is 8.88. The number of nitrogens with zero attached hydrogens (tertiary/aromatic N) is 5. The number of piperazine rings is 1. The van der Waals surface area contributed by atoms with Crippen LogP contribution in [-0.4, -0.2) is 56.7 Å². The van der Waals surface area contributed by atoms with Gasteiger partial charge in [0.1, 0.15) is 0 Å². The van der Waals surface area contributed by atoms with Crippen LogP contribution in [0.1, 0.15) is 29.4 Å². The van der Waals surface area contributed by atoms with Crippen molar-refractivity contribution >= 4 is 12.0 Å². The van der Waals surface area contributed by atoms with Gasteiger partial charge < -0.3 is 10.2 Å². The molecule has 28 heavy (non-hydrogen) atoms. The smallest absolute Gasteiger partial charge is 0.334 e. The Labute approximate surface area is 160 Å². The Kier molecular flexibility index (Phi) is 5.78. The summed E-state index contributed by atoms with van der Waals surface area (Å²) in [4.78, 5) is 15.4. The number of hydrogen-bond donors (Lipinski definition) is 1. The van der Waals surface area contributed by atoms with Crippen LogP contribution in [-0.2, 0) is 17.5 Å². The Hall–Kier alpha value is -2.75. The number of rotatable bonds is 4. The molecule has 7 nitrogen and oxygen atoms in total. The molecule has 0 bridgehead atoms. The lowest BCUT2D eigenvalue weighted by atomic mass is 10.0. The number of nitrogens with one attached hydrogen (secondary N) is 1. The highest BCUT2D eigenvalue weighted by molar-refractivity contribution is 5.92. The fraction of sp³-hybridized carbons (Fsp3) is 0.444. The summed E-state index contributed by atoms with van der Waals surface area (Å²) < 4.78 is 39.3. The summed E-state index contributed by atoms with van der Waals surface area (Å²) in [6.07, 6.45) is -1.53. The van der Waals surface area contributed by atoms with Crippen LogP contribution in [0.5, 0.6) is 0 Å². The zero-order chi connectivity index (χ0) is 20.3. The van der Waals surface area contributed by atoms with E-state index < -0.39 is 11.7 Å². The second-order valence-electron chi connectivity index (χ2n) is 6.70. The van der Waals surface area contributed by atoms with E-state index in [4.69, 9.17) is 0 Å². The predicted octanol–water partition coefficient (Wildman–Crippen LogP) is 1.88. The molecule has 1 aliphatic heterocycles. The van der Waals surface area contributed by atoms with Crippen LogP contribution in [0, 0.1) is 6.92 Å². The molecule has 0 aliphatic carbocycles. The van der Waals surface area contributed by atoms with E-state index >= 15 is 0 Å². The van der Waals surface area contributed by atoms with Gasteiger partial charge in [0.05, 0.1) is 12.1 Å². The van der Waals surface area contributed by atoms with E-state index in [-0.39, 0.29) is 18.5 Å². The SMILES string of the molecule is Cc1nnn(Cc2cc(C(F)(F)F)ccc2/C=C/C(=O)N2CCNC[C@H]2C)n1. The zero-order valence-electron chi connectivity index (χ0n) is 15.6. The molecule has 0 radical (unpaired) electrons. The second-order valence-corrected chi connectivity index (χ2v) is 6.70. The van der Waals surface area contributed by atoms with Crippen LogP contribution >= 0.6 is 0 Å². The van der Waals surface area contributed by atoms with Gasteiger partial charge in [0, 0.05) is 31.8 Å². The van der Waals surface area contributed by atoms with Crippen LogP contribution in [0.2, 0.25) is 0 Å². The van der Waals surface area contributed by atoms with Crippen molar-refractivity contribution in [2.24, 2.45) is 0 Å². The Bertz CT molecular complexity index is 876. The number of hydrogen-bond acceptors (Lipinski definition) is 5. The van der Waals surface area contributed by atoms with Gasteiger partial charge in [-0.25, -0.2) is 0 Å². The molecule has 1 saturated heterocycles. The quantitative estimate of drug-likeness (QED) is 0.802. The minimum Gasteiger partial charge on any atom is -0.334 e. The maximum atomic E-state index is 13.1. The number of benzene rings is 1. The third-order valence-electron chi connectivity index (χ3n) is 4.52. The molecule has 1 N–H and O–H groups in total. The van der Waals surface area contributed by atoms with Crippen molar-refractivity contribution in [3.63, 3.8) is 0 Å². The van der Waals surface area contributed by atoms with Crippen LogP contribution in [0.25, 0.3) is 6.08 Å². The molecule has 1 aromatic heterocycles. The number of aromatic nitrogens is 4. The number of tetrazole rings is 1. The van der Waals surface area contributed by atoms with Crippen LogP contribution in [0.4, 0.5) is 13.2 Å². The second kappa shape index (κ2) is 8.09. The molecular weight excluding hydrogens is 373 g/mol. The molecular formula is C18H21F3N6O. The maximum Gasteiger partial charge on any atom is 0.416 e. The minimum atomic E-state index is -4.46. The summed E-state index contributed by atoms with van der Waals surface area (Å²) in [5.41, 5.74) is 0.0854. The number of amides is 1. The zero-order valence-corrected chi connectivity index (χ0v) is 15.6. The first-order chi connectivity index (χ1) is 13.2. The summed E-state index contributed by atoms with van der Waals surface area (Å²) in [6, 6.07) is 3.46. The topological polar surface area (TPSA) is 75.9 Å². The Morgan fingerprint density at radius 3 is 2.82 bits per heavy atom. The van der Waals surface area contributed by atoms with Crippen molar-refractivity contribution in [2.45, 2.75) is 32.6 Å². The van der Waals surface area contributed by atoms with E-state index in [0.717, 1.165) is 12.1 Å². The fourth-order valence-corrected chi connectivity index (χ4v) is 3.05. The highest BCUT2D eigenvalue weighted by Crippen LogP contribution is 2.31. The van der Waals surface area contributed by atoms with Crippen molar-refractivity contribution in [1.82, 2.24) is 30.4 Å². The molecule has 150 valence electrons. The molecule has 3 rings (SSSR count). The summed E-state index contributed by atoms with van der Waals surface area (Å²) in [5, 5.41) is 14.8. The third kappa shape index (κ3) is 4.75. The molecule has 10 heteroatoms. The van der Waals surface area contributed by atoms with Crippen molar-refractivity contribution in [1.29, 1.82) is 0 Å². The van der Waals surface area contributed by atoms with Crippen molar-refractivity contribution in [3.05, 3.63) is 46.8 Å². The van der Waals surface area contributed by atoms with Crippen molar-refractivity contribution in [2.75, 3.05) is 19.6 Å². The van der Waals surface area contributed by atoms with Crippen molar-refractivity contribution < 1.29 is 18.0 Å². The first kappa shape index (κ1) is 20.0. The number of alkyl halides is 3. The van der Waals surface area contributed by atoms with Crippen LogP contribution in [0.3, 0.4) is 0 Å². The lowest BCUT2D eigenvalue weighted by Crippen LogP contribution is -2.51. The van der Waals surface area contributed by atoms with E-state index in [9.17, 15) is 18.0 Å². The standard InChI is InChI=1S/C18H21F3N6O/c1-12-10-22-7-8-26(12)17(28)6-4-14-3-5-16(18(19,20)21)9-15(14)11-27-24-13(2)23-25-27/h3-6,9,12,22H,7-8,10-11H2,1-2H3/b6-4+/t12-/m1/s1. The van der Waals surface area contributed by atoms with Crippen LogP contribution < -0.4 is 5.32 Å². The summed E-state index contributed by atoms with van der Waals surface area (Å²) in [5.74, 6) is 0.251. The van der Waals surface area contributed by atoms with E-state index in [1.165, 1.54) is 23.0 Å². The highest BCUT2D eigenvalue weighted by Gasteiger charge is 2.31. The van der Waals surface area contributed by atoms with Gasteiger partial charge in [-0.1, -0.05) is 6.07 Å². The van der Waals surface area contributed by atoms with E-state index in [1.54, 1.807) is 11.8 Å². The van der Waals surface area contributed by atoms with Gasteiger partial charge >= 0.3 is 6.18 Å². The minimum absolute atomic E-state index is 0.0165. The van der Waals surface area contributed by atoms with Crippen molar-refractivity contribution in [3.8, 4) is 0 Å². The molecule has 1 fully saturated rings. The molecule has 2 heterocycles. The Morgan fingerprint density at radius 2 is 2.18 bits per heavy atom. The van der Waals surface area contributed by atoms with Gasteiger partial charge in [0.2, 0.25) is 5.91 Å². The summed E-state index contributed by atoms with van der Waals surface area (Å²) in [6.45, 7) is 5.62. The fourth-order valence-electron chi connectivity index (χ4n) is 3.05. The van der Waals surface area contributed by atoms with Gasteiger partial charge in [-0.3, -0.25) is 4.79 Å². The third-order valence-corrected chi connectivity index (χ3v) is 4.52. The number of halogens is 3. The molecule has 0 saturated carbocycles. The van der Waals surface area contributed by atoms with Gasteiger partial charge in [-0.2, -0.15) is 18.0 Å². The average Bonchev–Trinajstić information content (AvgIpc) is 3.04. The largest absolute Gasteiger partial charge is 0.416 e. The Balaban J connectivity index is 1.87. The molecule has 1 atom stereocenters. The van der Waals surface area contributed by atoms with Gasteiger partial charge in [-0.05, 0) is 48.4 Å². The summed E-state index contributed by atoms with van der Waals surface area (Å²) >= 11 is 0. The van der Waals surface area contributed by atoms with E-state index in [2.05, 4.69) is 20.7 Å². The highest BCUT2D eigenvalue weighted by atomic mass is 19.4. The lowest BCUT2D eigenvalue weighted by molar-refractivity contribution is -0.137. The molecule has 0 unspecified atom stereocenters. The van der Waals surface area contributed by atoms with Gasteiger partial charge in [0.25, 0.3) is 0 Å². The molecule has 2 aromatic rings. The van der Waals surface area contributed by atoms with Gasteiger partial charge in [0.15, 0.2) is 5.82 Å². The number of aryl methyl sites for hydroxylation is 1. The summed E-state index contributed by atoms with van der Waals surface area (Å²) in [7, 11) is 0. The number of carbonyl (C=O) groups is 1. The Morgan fingerprint density at radius 1 is 1.39 bits per heavy atom. The van der Waals surface area contributed by atoms with E-state index in [0.29, 0.717) is 36.6 Å². The maximum absolute atomic E-state index is 13.1. The molecule has 1 aliphatic rings. The first-order valence-corrected chi connectivity index (χ1v) is 8.88. The number of carbonyl (C=O) groups excluding carboxylic acids is 1. The molecule has 1 amide bonds. The average molecular weight is 394 g/mol. The normalized spacial score (nSPS) is 18.0. The van der Waals surface area contributed by atoms with E-state index in [1.807, 2.05) is 6.92 Å². The molecule has 1 aromatic carbocycles.